The van der Waals surface area contributed by atoms with Gasteiger partial charge >= 0.3 is 0 Å². The van der Waals surface area contributed by atoms with Gasteiger partial charge in [-0.25, -0.2) is 0 Å². The third kappa shape index (κ3) is 4.34. The second kappa shape index (κ2) is 5.89. The minimum atomic E-state index is 0.634. The molecule has 0 aliphatic heterocycles. The van der Waals surface area contributed by atoms with Crippen molar-refractivity contribution in [1.29, 1.82) is 0 Å². The monoisotopic (exact) mass is 202 g/mol. The van der Waals surface area contributed by atoms with Gasteiger partial charge < -0.3 is 5.32 Å². The molecule has 0 bridgehead atoms. The molecule has 1 rings (SSSR count). The minimum absolute atomic E-state index is 0.634. The van der Waals surface area contributed by atoms with Gasteiger partial charge in [0.1, 0.15) is 0 Å². The molecule has 3 heteroatoms. The zero-order chi connectivity index (χ0) is 9.68. The lowest BCUT2D eigenvalue weighted by molar-refractivity contribution is 0.318. The molecule has 1 fully saturated rings. The quantitative estimate of drug-likeness (QED) is 0.683. The Balaban J connectivity index is 2.15. The van der Waals surface area contributed by atoms with Crippen molar-refractivity contribution in [3.63, 3.8) is 0 Å². The van der Waals surface area contributed by atoms with Gasteiger partial charge in [0.25, 0.3) is 0 Å². The Morgan fingerprint density at radius 2 is 1.62 bits per heavy atom. The molecule has 1 saturated carbocycles. The van der Waals surface area contributed by atoms with Crippen LogP contribution in [0.25, 0.3) is 0 Å². The summed E-state index contributed by atoms with van der Waals surface area (Å²) < 4.78 is 3.45. The van der Waals surface area contributed by atoms with Gasteiger partial charge in [-0.05, 0) is 31.9 Å². The molecule has 1 aliphatic rings. The Morgan fingerprint density at radius 1 is 1.08 bits per heavy atom. The molecule has 0 amide bonds. The molecule has 0 saturated heterocycles. The van der Waals surface area contributed by atoms with Crippen molar-refractivity contribution in [2.75, 3.05) is 6.26 Å². The summed E-state index contributed by atoms with van der Waals surface area (Å²) in [6.45, 7) is 4.46. The van der Waals surface area contributed by atoms with Gasteiger partial charge in [-0.2, -0.15) is 0 Å². The van der Waals surface area contributed by atoms with Gasteiger partial charge in [0, 0.05) is 18.1 Å². The van der Waals surface area contributed by atoms with Crippen LogP contribution in [0.4, 0.5) is 0 Å². The second-order valence-electron chi connectivity index (χ2n) is 4.19. The summed E-state index contributed by atoms with van der Waals surface area (Å²) in [7, 11) is 0. The third-order valence-electron chi connectivity index (χ3n) is 2.58. The van der Waals surface area contributed by atoms with Crippen molar-refractivity contribution in [2.24, 2.45) is 0 Å². The first-order chi connectivity index (χ1) is 6.22. The highest BCUT2D eigenvalue weighted by atomic mass is 32.2. The van der Waals surface area contributed by atoms with E-state index in [0.717, 1.165) is 12.1 Å². The van der Waals surface area contributed by atoms with Crippen LogP contribution in [0.15, 0.2) is 0 Å². The topological polar surface area (TPSA) is 24.1 Å². The fourth-order valence-electron chi connectivity index (χ4n) is 2.02. The van der Waals surface area contributed by atoms with Crippen molar-refractivity contribution >= 4 is 11.9 Å². The molecule has 0 aromatic rings. The molecule has 0 aromatic heterocycles. The van der Waals surface area contributed by atoms with Crippen LogP contribution in [-0.2, 0) is 0 Å². The van der Waals surface area contributed by atoms with E-state index < -0.39 is 0 Å². The third-order valence-corrected chi connectivity index (χ3v) is 3.15. The zero-order valence-corrected chi connectivity index (χ0v) is 9.79. The average Bonchev–Trinajstić information content (AvgIpc) is 2.08. The van der Waals surface area contributed by atoms with Crippen LogP contribution in [0.2, 0.25) is 0 Å². The Morgan fingerprint density at radius 3 is 2.08 bits per heavy atom. The van der Waals surface area contributed by atoms with Gasteiger partial charge in [0.15, 0.2) is 0 Å². The molecular weight excluding hydrogens is 180 g/mol. The predicted octanol–water partition coefficient (Wildman–Crippen LogP) is 2.16. The van der Waals surface area contributed by atoms with Crippen LogP contribution in [0, 0.1) is 0 Å². The van der Waals surface area contributed by atoms with Crippen LogP contribution < -0.4 is 10.0 Å². The SMILES string of the molecule is CSNC1CCC(NC(C)C)CC1. The highest BCUT2D eigenvalue weighted by molar-refractivity contribution is 7.96. The van der Waals surface area contributed by atoms with Crippen LogP contribution in [-0.4, -0.2) is 24.4 Å². The van der Waals surface area contributed by atoms with Crippen LogP contribution in [0.5, 0.6) is 0 Å². The van der Waals surface area contributed by atoms with E-state index in [1.807, 2.05) is 0 Å². The Bertz CT molecular complexity index is 131. The molecule has 0 aromatic carbocycles. The van der Waals surface area contributed by atoms with Gasteiger partial charge in [-0.3, -0.25) is 4.72 Å². The summed E-state index contributed by atoms with van der Waals surface area (Å²) in [5.74, 6) is 0. The Hall–Kier alpha value is 0.270. The average molecular weight is 202 g/mol. The molecule has 78 valence electrons. The van der Waals surface area contributed by atoms with Crippen molar-refractivity contribution < 1.29 is 0 Å². The lowest BCUT2D eigenvalue weighted by Crippen LogP contribution is -2.40. The van der Waals surface area contributed by atoms with Crippen LogP contribution in [0.3, 0.4) is 0 Å². The molecular formula is C10H22N2S. The maximum atomic E-state index is 3.61. The second-order valence-corrected chi connectivity index (χ2v) is 4.84. The van der Waals surface area contributed by atoms with Crippen molar-refractivity contribution in [3.05, 3.63) is 0 Å². The van der Waals surface area contributed by atoms with E-state index >= 15 is 0 Å². The van der Waals surface area contributed by atoms with Gasteiger partial charge in [-0.15, -0.1) is 0 Å². The first kappa shape index (κ1) is 11.3. The summed E-state index contributed by atoms with van der Waals surface area (Å²) >= 11 is 1.75. The fourth-order valence-corrected chi connectivity index (χ4v) is 2.59. The van der Waals surface area contributed by atoms with E-state index in [9.17, 15) is 0 Å². The Labute approximate surface area is 86.4 Å². The maximum absolute atomic E-state index is 3.61. The molecule has 0 heterocycles. The van der Waals surface area contributed by atoms with Crippen molar-refractivity contribution in [3.8, 4) is 0 Å². The molecule has 0 radical (unpaired) electrons. The highest BCUT2D eigenvalue weighted by Crippen LogP contribution is 2.19. The summed E-state index contributed by atoms with van der Waals surface area (Å²) in [5, 5.41) is 3.61. The smallest absolute Gasteiger partial charge is 0.0172 e. The predicted molar refractivity (Wildman–Crippen MR) is 61.0 cm³/mol. The first-order valence-electron chi connectivity index (χ1n) is 5.27. The summed E-state index contributed by atoms with van der Waals surface area (Å²) in [4.78, 5) is 0. The standard InChI is InChI=1S/C10H22N2S/c1-8(2)11-9-4-6-10(7-5-9)12-13-3/h8-12H,4-7H2,1-3H3. The van der Waals surface area contributed by atoms with E-state index in [0.29, 0.717) is 6.04 Å². The van der Waals surface area contributed by atoms with Crippen LogP contribution >= 0.6 is 11.9 Å². The lowest BCUT2D eigenvalue weighted by Gasteiger charge is -2.30. The van der Waals surface area contributed by atoms with Crippen LogP contribution in [0.1, 0.15) is 39.5 Å². The fraction of sp³-hybridized carbons (Fsp3) is 1.00. The Kier molecular flexibility index (Phi) is 5.14. The van der Waals surface area contributed by atoms with Gasteiger partial charge in [0.2, 0.25) is 0 Å². The zero-order valence-electron chi connectivity index (χ0n) is 8.97. The molecule has 0 atom stereocenters. The molecule has 1 aliphatic carbocycles. The largest absolute Gasteiger partial charge is 0.312 e. The van der Waals surface area contributed by atoms with Crippen molar-refractivity contribution in [1.82, 2.24) is 10.0 Å². The highest BCUT2D eigenvalue weighted by Gasteiger charge is 2.20. The molecule has 13 heavy (non-hydrogen) atoms. The minimum Gasteiger partial charge on any atom is -0.312 e. The van der Waals surface area contributed by atoms with E-state index in [2.05, 4.69) is 30.1 Å². The summed E-state index contributed by atoms with van der Waals surface area (Å²) in [6, 6.07) is 2.15. The van der Waals surface area contributed by atoms with E-state index in [4.69, 9.17) is 0 Å². The normalized spacial score (nSPS) is 29.5. The molecule has 2 N–H and O–H groups in total. The van der Waals surface area contributed by atoms with Gasteiger partial charge in [0.05, 0.1) is 0 Å². The summed E-state index contributed by atoms with van der Waals surface area (Å²) in [6.07, 6.45) is 7.42. The molecule has 2 nitrogen and oxygen atoms in total. The number of rotatable bonds is 4. The van der Waals surface area contributed by atoms with Crippen molar-refractivity contribution in [2.45, 2.75) is 57.7 Å². The van der Waals surface area contributed by atoms with E-state index in [1.54, 1.807) is 11.9 Å². The number of nitrogens with one attached hydrogen (secondary N) is 2. The first-order valence-corrected chi connectivity index (χ1v) is 6.49. The number of hydrogen-bond donors (Lipinski definition) is 2. The lowest BCUT2D eigenvalue weighted by atomic mass is 9.91. The van der Waals surface area contributed by atoms with E-state index in [-0.39, 0.29) is 0 Å². The number of hydrogen-bond acceptors (Lipinski definition) is 3. The molecule has 0 unspecified atom stereocenters. The summed E-state index contributed by atoms with van der Waals surface area (Å²) in [5.41, 5.74) is 0. The van der Waals surface area contributed by atoms with Gasteiger partial charge in [-0.1, -0.05) is 25.8 Å². The molecule has 0 spiro atoms. The van der Waals surface area contributed by atoms with E-state index in [1.165, 1.54) is 25.7 Å². The maximum Gasteiger partial charge on any atom is 0.0172 e.